The summed E-state index contributed by atoms with van der Waals surface area (Å²) in [6, 6.07) is -0.0385. The fourth-order valence-electron chi connectivity index (χ4n) is 3.41. The number of amides is 3. The van der Waals surface area contributed by atoms with Gasteiger partial charge in [0.05, 0.1) is 12.6 Å². The summed E-state index contributed by atoms with van der Waals surface area (Å²) < 4.78 is 41.6. The number of alkyl halides is 3. The number of hydrogen-bond donors (Lipinski definition) is 1. The minimum Gasteiger partial charge on any atom is -0.447 e. The molecule has 0 radical (unpaired) electrons. The van der Waals surface area contributed by atoms with Crippen molar-refractivity contribution < 1.29 is 32.3 Å². The molecule has 2 rings (SSSR count). The van der Waals surface area contributed by atoms with Crippen molar-refractivity contribution >= 4 is 17.9 Å². The zero-order valence-electron chi connectivity index (χ0n) is 14.8. The number of halogens is 3. The minimum atomic E-state index is -5.01. The lowest BCUT2D eigenvalue weighted by molar-refractivity contribution is -0.174. The standard InChI is InChI=1S/C16H24F3N3O4/c1-10(2)7-12-9-26-15(25)22(12)11-3-5-21(6-4-11)13(23)8-20-14(24)16(17,18)19/h10-12H,3-9H2,1-2H3,(H,20,24). The van der Waals surface area contributed by atoms with E-state index in [1.165, 1.54) is 4.90 Å². The molecule has 10 heteroatoms. The number of carbonyl (C=O) groups is 3. The summed E-state index contributed by atoms with van der Waals surface area (Å²) in [5.74, 6) is -2.28. The van der Waals surface area contributed by atoms with Gasteiger partial charge in [-0.3, -0.25) is 14.5 Å². The van der Waals surface area contributed by atoms with Gasteiger partial charge in [-0.2, -0.15) is 13.2 Å². The van der Waals surface area contributed by atoms with E-state index in [4.69, 9.17) is 4.74 Å². The zero-order chi connectivity index (χ0) is 19.5. The summed E-state index contributed by atoms with van der Waals surface area (Å²) in [6.45, 7) is 4.45. The van der Waals surface area contributed by atoms with E-state index in [0.29, 0.717) is 38.5 Å². The third-order valence-electron chi connectivity index (χ3n) is 4.62. The van der Waals surface area contributed by atoms with Crippen LogP contribution in [0, 0.1) is 5.92 Å². The summed E-state index contributed by atoms with van der Waals surface area (Å²) in [4.78, 5) is 37.9. The molecular formula is C16H24F3N3O4. The number of carbonyl (C=O) groups excluding carboxylic acids is 3. The topological polar surface area (TPSA) is 79.0 Å². The molecule has 1 N–H and O–H groups in total. The third-order valence-corrected chi connectivity index (χ3v) is 4.62. The first-order valence-corrected chi connectivity index (χ1v) is 8.67. The predicted octanol–water partition coefficient (Wildman–Crippen LogP) is 1.52. The van der Waals surface area contributed by atoms with Gasteiger partial charge in [-0.25, -0.2) is 4.79 Å². The average molecular weight is 379 g/mol. The molecule has 2 fully saturated rings. The van der Waals surface area contributed by atoms with Crippen molar-refractivity contribution in [2.75, 3.05) is 26.2 Å². The van der Waals surface area contributed by atoms with Gasteiger partial charge in [0.25, 0.3) is 0 Å². The van der Waals surface area contributed by atoms with Crippen LogP contribution >= 0.6 is 0 Å². The number of nitrogens with one attached hydrogen (secondary N) is 1. The molecule has 148 valence electrons. The van der Waals surface area contributed by atoms with E-state index < -0.39 is 24.5 Å². The van der Waals surface area contributed by atoms with E-state index in [1.807, 2.05) is 0 Å². The van der Waals surface area contributed by atoms with Gasteiger partial charge in [-0.05, 0) is 25.2 Å². The van der Waals surface area contributed by atoms with Gasteiger partial charge in [0.15, 0.2) is 0 Å². The van der Waals surface area contributed by atoms with Crippen molar-refractivity contribution in [3.8, 4) is 0 Å². The van der Waals surface area contributed by atoms with E-state index in [0.717, 1.165) is 6.42 Å². The first kappa shape index (κ1) is 20.3. The minimum absolute atomic E-state index is 0.0147. The summed E-state index contributed by atoms with van der Waals surface area (Å²) in [6.07, 6.45) is -3.47. The van der Waals surface area contributed by atoms with Crippen LogP contribution in [0.2, 0.25) is 0 Å². The van der Waals surface area contributed by atoms with E-state index in [2.05, 4.69) is 13.8 Å². The molecule has 0 aliphatic carbocycles. The summed E-state index contributed by atoms with van der Waals surface area (Å²) in [5.41, 5.74) is 0. The molecule has 26 heavy (non-hydrogen) atoms. The summed E-state index contributed by atoms with van der Waals surface area (Å²) in [7, 11) is 0. The largest absolute Gasteiger partial charge is 0.471 e. The molecule has 3 amide bonds. The second-order valence-corrected chi connectivity index (χ2v) is 7.06. The second-order valence-electron chi connectivity index (χ2n) is 7.06. The Hall–Kier alpha value is -2.00. The number of likely N-dealkylation sites (tertiary alicyclic amines) is 1. The molecular weight excluding hydrogens is 355 g/mol. The van der Waals surface area contributed by atoms with Crippen LogP contribution in [-0.2, 0) is 14.3 Å². The van der Waals surface area contributed by atoms with Crippen molar-refractivity contribution in [1.29, 1.82) is 0 Å². The van der Waals surface area contributed by atoms with Crippen molar-refractivity contribution in [3.05, 3.63) is 0 Å². The van der Waals surface area contributed by atoms with E-state index in [9.17, 15) is 27.6 Å². The highest BCUT2D eigenvalue weighted by Gasteiger charge is 2.41. The van der Waals surface area contributed by atoms with Crippen LogP contribution in [0.1, 0.15) is 33.1 Å². The number of cyclic esters (lactones) is 1. The van der Waals surface area contributed by atoms with Crippen molar-refractivity contribution in [3.63, 3.8) is 0 Å². The van der Waals surface area contributed by atoms with Gasteiger partial charge in [0, 0.05) is 19.1 Å². The quantitative estimate of drug-likeness (QED) is 0.786. The number of hydrogen-bond acceptors (Lipinski definition) is 4. The highest BCUT2D eigenvalue weighted by Crippen LogP contribution is 2.27. The van der Waals surface area contributed by atoms with E-state index in [-0.39, 0.29) is 18.2 Å². The maximum Gasteiger partial charge on any atom is 0.471 e. The number of ether oxygens (including phenoxy) is 1. The van der Waals surface area contributed by atoms with Crippen LogP contribution in [0.25, 0.3) is 0 Å². The van der Waals surface area contributed by atoms with Crippen LogP contribution in [0.3, 0.4) is 0 Å². The fraction of sp³-hybridized carbons (Fsp3) is 0.812. The Bertz CT molecular complexity index is 545. The second kappa shape index (κ2) is 8.13. The lowest BCUT2D eigenvalue weighted by Gasteiger charge is -2.38. The van der Waals surface area contributed by atoms with Crippen LogP contribution in [-0.4, -0.2) is 72.2 Å². The van der Waals surface area contributed by atoms with Gasteiger partial charge in [0.1, 0.15) is 6.61 Å². The van der Waals surface area contributed by atoms with Gasteiger partial charge in [-0.15, -0.1) is 0 Å². The van der Waals surface area contributed by atoms with Crippen LogP contribution in [0.4, 0.5) is 18.0 Å². The number of piperidine rings is 1. The molecule has 0 aromatic carbocycles. The summed E-state index contributed by atoms with van der Waals surface area (Å²) >= 11 is 0. The first-order chi connectivity index (χ1) is 12.1. The Labute approximate surface area is 149 Å². The van der Waals surface area contributed by atoms with Gasteiger partial charge < -0.3 is 15.0 Å². The zero-order valence-corrected chi connectivity index (χ0v) is 14.8. The summed E-state index contributed by atoms with van der Waals surface area (Å²) in [5, 5.41) is 1.58. The van der Waals surface area contributed by atoms with Gasteiger partial charge in [0.2, 0.25) is 5.91 Å². The molecule has 2 saturated heterocycles. The van der Waals surface area contributed by atoms with Gasteiger partial charge >= 0.3 is 18.2 Å². The van der Waals surface area contributed by atoms with Crippen molar-refractivity contribution in [2.24, 2.45) is 5.92 Å². The van der Waals surface area contributed by atoms with Crippen molar-refractivity contribution in [2.45, 2.75) is 51.4 Å². The number of nitrogens with zero attached hydrogens (tertiary/aromatic N) is 2. The Kier molecular flexibility index (Phi) is 6.35. The van der Waals surface area contributed by atoms with Crippen molar-refractivity contribution in [1.82, 2.24) is 15.1 Å². The molecule has 2 heterocycles. The normalized spacial score (nSPS) is 21.9. The molecule has 0 aromatic rings. The van der Waals surface area contributed by atoms with Crippen LogP contribution < -0.4 is 5.32 Å². The predicted molar refractivity (Wildman–Crippen MR) is 85.1 cm³/mol. The van der Waals surface area contributed by atoms with Crippen LogP contribution in [0.5, 0.6) is 0 Å². The Morgan fingerprint density at radius 3 is 2.42 bits per heavy atom. The molecule has 1 atom stereocenters. The lowest BCUT2D eigenvalue weighted by atomic mass is 9.98. The third kappa shape index (κ3) is 5.01. The molecule has 0 saturated carbocycles. The van der Waals surface area contributed by atoms with Crippen LogP contribution in [0.15, 0.2) is 0 Å². The smallest absolute Gasteiger partial charge is 0.447 e. The SMILES string of the molecule is CC(C)CC1COC(=O)N1C1CCN(C(=O)CNC(=O)C(F)(F)F)CC1. The Morgan fingerprint density at radius 1 is 1.27 bits per heavy atom. The maximum atomic E-state index is 12.1. The molecule has 0 bridgehead atoms. The molecule has 0 spiro atoms. The average Bonchev–Trinajstić information content (AvgIpc) is 2.91. The maximum absolute atomic E-state index is 12.1. The monoisotopic (exact) mass is 379 g/mol. The van der Waals surface area contributed by atoms with Gasteiger partial charge in [-0.1, -0.05) is 13.8 Å². The molecule has 2 aliphatic rings. The van der Waals surface area contributed by atoms with E-state index >= 15 is 0 Å². The first-order valence-electron chi connectivity index (χ1n) is 8.67. The number of rotatable bonds is 5. The highest BCUT2D eigenvalue weighted by molar-refractivity contribution is 5.87. The Balaban J connectivity index is 1.83. The molecule has 0 aromatic heterocycles. The lowest BCUT2D eigenvalue weighted by Crippen LogP contribution is -2.52. The molecule has 2 aliphatic heterocycles. The highest BCUT2D eigenvalue weighted by atomic mass is 19.4. The Morgan fingerprint density at radius 2 is 1.88 bits per heavy atom. The van der Waals surface area contributed by atoms with E-state index in [1.54, 1.807) is 10.2 Å². The molecule has 7 nitrogen and oxygen atoms in total. The molecule has 1 unspecified atom stereocenters. The fourth-order valence-corrected chi connectivity index (χ4v) is 3.41.